The highest BCUT2D eigenvalue weighted by molar-refractivity contribution is 5.78. The summed E-state index contributed by atoms with van der Waals surface area (Å²) in [7, 11) is 0. The zero-order chi connectivity index (χ0) is 15.5. The van der Waals surface area contributed by atoms with Gasteiger partial charge in [0.25, 0.3) is 0 Å². The third kappa shape index (κ3) is 4.20. The summed E-state index contributed by atoms with van der Waals surface area (Å²) in [6.07, 6.45) is -1.62. The van der Waals surface area contributed by atoms with E-state index in [9.17, 15) is 23.1 Å². The summed E-state index contributed by atoms with van der Waals surface area (Å²) in [4.78, 5) is 11.9. The molecule has 0 saturated heterocycles. The lowest BCUT2D eigenvalue weighted by Gasteiger charge is -2.19. The van der Waals surface area contributed by atoms with Gasteiger partial charge in [0.05, 0.1) is 12.0 Å². The van der Waals surface area contributed by atoms with Gasteiger partial charge in [-0.25, -0.2) is 0 Å². The van der Waals surface area contributed by atoms with Gasteiger partial charge in [0.1, 0.15) is 0 Å². The van der Waals surface area contributed by atoms with Crippen molar-refractivity contribution in [2.45, 2.75) is 37.9 Å². The van der Waals surface area contributed by atoms with Crippen LogP contribution in [0, 0.1) is 5.92 Å². The third-order valence-electron chi connectivity index (χ3n) is 3.89. The van der Waals surface area contributed by atoms with Gasteiger partial charge >= 0.3 is 6.18 Å². The fourth-order valence-corrected chi connectivity index (χ4v) is 2.70. The van der Waals surface area contributed by atoms with E-state index in [0.717, 1.165) is 31.4 Å². The van der Waals surface area contributed by atoms with Crippen molar-refractivity contribution < 1.29 is 23.1 Å². The molecule has 0 heterocycles. The molecule has 1 aromatic carbocycles. The van der Waals surface area contributed by atoms with Crippen LogP contribution in [-0.4, -0.2) is 23.7 Å². The second-order valence-corrected chi connectivity index (χ2v) is 5.42. The zero-order valence-corrected chi connectivity index (χ0v) is 11.5. The Morgan fingerprint density at radius 1 is 1.24 bits per heavy atom. The molecule has 1 saturated carbocycles. The first-order valence-electron chi connectivity index (χ1n) is 6.96. The van der Waals surface area contributed by atoms with E-state index in [1.54, 1.807) is 0 Å². The third-order valence-corrected chi connectivity index (χ3v) is 3.89. The maximum Gasteiger partial charge on any atom is 0.416 e. The van der Waals surface area contributed by atoms with Gasteiger partial charge in [-0.15, -0.1) is 0 Å². The maximum atomic E-state index is 12.4. The van der Waals surface area contributed by atoms with E-state index in [0.29, 0.717) is 5.56 Å². The van der Waals surface area contributed by atoms with E-state index in [-0.39, 0.29) is 30.9 Å². The first-order valence-corrected chi connectivity index (χ1v) is 6.96. The van der Waals surface area contributed by atoms with Crippen LogP contribution < -0.4 is 5.32 Å². The van der Waals surface area contributed by atoms with Gasteiger partial charge in [-0.3, -0.25) is 4.79 Å². The molecule has 3 nitrogen and oxygen atoms in total. The van der Waals surface area contributed by atoms with Gasteiger partial charge in [-0.05, 0) is 30.5 Å². The molecule has 21 heavy (non-hydrogen) atoms. The van der Waals surface area contributed by atoms with Crippen molar-refractivity contribution in [3.05, 3.63) is 35.4 Å². The Labute approximate surface area is 121 Å². The minimum atomic E-state index is -4.36. The molecular formula is C15H18F3NO2. The highest BCUT2D eigenvalue weighted by Gasteiger charge is 2.30. The predicted molar refractivity (Wildman–Crippen MR) is 71.5 cm³/mol. The molecule has 2 unspecified atom stereocenters. The Bertz CT molecular complexity index is 485. The summed E-state index contributed by atoms with van der Waals surface area (Å²) >= 11 is 0. The van der Waals surface area contributed by atoms with Gasteiger partial charge in [-0.1, -0.05) is 18.6 Å². The van der Waals surface area contributed by atoms with Crippen molar-refractivity contribution in [1.29, 1.82) is 0 Å². The van der Waals surface area contributed by atoms with E-state index in [1.165, 1.54) is 12.1 Å². The number of amides is 1. The molecule has 2 rings (SSSR count). The number of rotatable bonds is 4. The molecule has 116 valence electrons. The topological polar surface area (TPSA) is 49.3 Å². The second kappa shape index (κ2) is 6.47. The average Bonchev–Trinajstić information content (AvgIpc) is 2.85. The number of aliphatic hydroxyl groups excluding tert-OH is 1. The maximum absolute atomic E-state index is 12.4. The lowest BCUT2D eigenvalue weighted by molar-refractivity contribution is -0.137. The largest absolute Gasteiger partial charge is 0.416 e. The Kier molecular flexibility index (Phi) is 4.88. The van der Waals surface area contributed by atoms with Gasteiger partial charge < -0.3 is 10.4 Å². The first kappa shape index (κ1) is 15.8. The lowest BCUT2D eigenvalue weighted by atomic mass is 10.0. The quantitative estimate of drug-likeness (QED) is 0.898. The van der Waals surface area contributed by atoms with Crippen molar-refractivity contribution >= 4 is 5.91 Å². The van der Waals surface area contributed by atoms with Crippen molar-refractivity contribution in [3.63, 3.8) is 0 Å². The van der Waals surface area contributed by atoms with Crippen LogP contribution in [0.2, 0.25) is 0 Å². The number of halogens is 3. The minimum absolute atomic E-state index is 0.0306. The molecule has 0 radical (unpaired) electrons. The van der Waals surface area contributed by atoms with E-state index in [2.05, 4.69) is 5.32 Å². The standard InChI is InChI=1S/C15H18F3NO2/c16-15(17,18)12-6-4-10(5-7-12)8-14(21)19-13-3-1-2-11(13)9-20/h4-7,11,13,20H,1-3,8-9H2,(H,19,21). The minimum Gasteiger partial charge on any atom is -0.396 e. The van der Waals surface area contributed by atoms with Crippen molar-refractivity contribution in [2.75, 3.05) is 6.61 Å². The summed E-state index contributed by atoms with van der Waals surface area (Å²) in [5, 5.41) is 12.0. The average molecular weight is 301 g/mol. The number of alkyl halides is 3. The van der Waals surface area contributed by atoms with E-state index >= 15 is 0 Å². The molecule has 2 atom stereocenters. The molecule has 0 aliphatic heterocycles. The van der Waals surface area contributed by atoms with Crippen LogP contribution in [0.5, 0.6) is 0 Å². The van der Waals surface area contributed by atoms with Crippen molar-refractivity contribution in [1.82, 2.24) is 5.32 Å². The second-order valence-electron chi connectivity index (χ2n) is 5.42. The van der Waals surface area contributed by atoms with Crippen molar-refractivity contribution in [3.8, 4) is 0 Å². The Hall–Kier alpha value is -1.56. The predicted octanol–water partition coefficient (Wildman–Crippen LogP) is 2.53. The molecular weight excluding hydrogens is 283 g/mol. The summed E-state index contributed by atoms with van der Waals surface area (Å²) in [5.74, 6) is -0.137. The molecule has 1 aromatic rings. The van der Waals surface area contributed by atoms with Gasteiger partial charge in [0.2, 0.25) is 5.91 Å². The van der Waals surface area contributed by atoms with E-state index < -0.39 is 11.7 Å². The number of carbonyl (C=O) groups excluding carboxylic acids is 1. The Balaban J connectivity index is 1.91. The number of aliphatic hydroxyl groups is 1. The van der Waals surface area contributed by atoms with Crippen LogP contribution in [0.4, 0.5) is 13.2 Å². The number of hydrogen-bond donors (Lipinski definition) is 2. The van der Waals surface area contributed by atoms with Crippen LogP contribution in [0.1, 0.15) is 30.4 Å². The molecule has 1 amide bonds. The molecule has 0 spiro atoms. The highest BCUT2D eigenvalue weighted by Crippen LogP contribution is 2.29. The molecule has 1 fully saturated rings. The van der Waals surface area contributed by atoms with Crippen molar-refractivity contribution in [2.24, 2.45) is 5.92 Å². The molecule has 0 bridgehead atoms. The lowest BCUT2D eigenvalue weighted by Crippen LogP contribution is -2.39. The molecule has 1 aliphatic rings. The fourth-order valence-electron chi connectivity index (χ4n) is 2.70. The first-order chi connectivity index (χ1) is 9.90. The van der Waals surface area contributed by atoms with E-state index in [1.807, 2.05) is 0 Å². The summed E-state index contributed by atoms with van der Waals surface area (Å²) in [6.45, 7) is 0.0469. The summed E-state index contributed by atoms with van der Waals surface area (Å²) < 4.78 is 37.3. The molecule has 6 heteroatoms. The van der Waals surface area contributed by atoms with Gasteiger partial charge in [-0.2, -0.15) is 13.2 Å². The van der Waals surface area contributed by atoms with E-state index in [4.69, 9.17) is 0 Å². The van der Waals surface area contributed by atoms with Gasteiger partial charge in [0, 0.05) is 18.6 Å². The van der Waals surface area contributed by atoms with Crippen LogP contribution in [-0.2, 0) is 17.4 Å². The summed E-state index contributed by atoms with van der Waals surface area (Å²) in [5.41, 5.74) is -0.179. The summed E-state index contributed by atoms with van der Waals surface area (Å²) in [6, 6.07) is 4.57. The normalized spacial score (nSPS) is 22.3. The number of nitrogens with one attached hydrogen (secondary N) is 1. The highest BCUT2D eigenvalue weighted by atomic mass is 19.4. The smallest absolute Gasteiger partial charge is 0.396 e. The van der Waals surface area contributed by atoms with Gasteiger partial charge in [0.15, 0.2) is 0 Å². The van der Waals surface area contributed by atoms with Crippen LogP contribution in [0.25, 0.3) is 0 Å². The fraction of sp³-hybridized carbons (Fsp3) is 0.533. The zero-order valence-electron chi connectivity index (χ0n) is 11.5. The van der Waals surface area contributed by atoms with Crippen LogP contribution >= 0.6 is 0 Å². The number of hydrogen-bond acceptors (Lipinski definition) is 2. The monoisotopic (exact) mass is 301 g/mol. The Morgan fingerprint density at radius 3 is 2.48 bits per heavy atom. The Morgan fingerprint density at radius 2 is 1.90 bits per heavy atom. The molecule has 2 N–H and O–H groups in total. The SMILES string of the molecule is O=C(Cc1ccc(C(F)(F)F)cc1)NC1CCCC1CO. The van der Waals surface area contributed by atoms with Crippen LogP contribution in [0.3, 0.4) is 0 Å². The van der Waals surface area contributed by atoms with Crippen LogP contribution in [0.15, 0.2) is 24.3 Å². The molecule has 1 aliphatic carbocycles. The molecule has 0 aromatic heterocycles. The number of carbonyl (C=O) groups is 1. The number of benzene rings is 1.